The molecule has 2 aliphatic carbocycles. The molecule has 5 heteroatoms. The molecule has 1 unspecified atom stereocenters. The van der Waals surface area contributed by atoms with Crippen LogP contribution in [-0.4, -0.2) is 36.3 Å². The predicted octanol–water partition coefficient (Wildman–Crippen LogP) is 4.49. The van der Waals surface area contributed by atoms with Crippen LogP contribution in [0.3, 0.4) is 0 Å². The Morgan fingerprint density at radius 1 is 1.19 bits per heavy atom. The molecule has 1 aromatic carbocycles. The average Bonchev–Trinajstić information content (AvgIpc) is 2.67. The van der Waals surface area contributed by atoms with Gasteiger partial charge in [0, 0.05) is 24.1 Å². The molecule has 1 amide bonds. The number of ketones is 1. The maximum Gasteiger partial charge on any atom is 0.249 e. The fourth-order valence-corrected chi connectivity index (χ4v) is 4.65. The predicted molar refractivity (Wildman–Crippen MR) is 102 cm³/mol. The number of rotatable bonds is 5. The van der Waals surface area contributed by atoms with Gasteiger partial charge in [0.05, 0.1) is 6.10 Å². The summed E-state index contributed by atoms with van der Waals surface area (Å²) in [5.41, 5.74) is -0.233. The normalized spacial score (nSPS) is 24.5. The summed E-state index contributed by atoms with van der Waals surface area (Å²) in [5, 5.41) is 0.538. The van der Waals surface area contributed by atoms with E-state index in [1.807, 2.05) is 18.2 Å². The van der Waals surface area contributed by atoms with Crippen molar-refractivity contribution in [2.45, 2.75) is 69.4 Å². The first-order chi connectivity index (χ1) is 12.6. The molecule has 0 bridgehead atoms. The van der Waals surface area contributed by atoms with Crippen molar-refractivity contribution in [1.29, 1.82) is 0 Å². The number of benzene rings is 1. The summed E-state index contributed by atoms with van der Waals surface area (Å²) in [6, 6.07) is 7.39. The minimum atomic E-state index is -0.969. The number of carbonyl (C=O) groups excluding carboxylic acids is 2. The Labute approximate surface area is 160 Å². The molecule has 0 heterocycles. The number of halogens is 1. The van der Waals surface area contributed by atoms with Crippen LogP contribution in [0.15, 0.2) is 24.3 Å². The summed E-state index contributed by atoms with van der Waals surface area (Å²) in [6.07, 6.45) is 8.64. The summed E-state index contributed by atoms with van der Waals surface area (Å²) in [7, 11) is 1.72. The average molecular weight is 378 g/mol. The number of hydrogen-bond acceptors (Lipinski definition) is 3. The van der Waals surface area contributed by atoms with Crippen LogP contribution in [0.5, 0.6) is 0 Å². The third-order valence-corrected chi connectivity index (χ3v) is 6.24. The molecule has 2 saturated carbocycles. The van der Waals surface area contributed by atoms with Crippen LogP contribution in [0, 0.1) is 0 Å². The zero-order valence-electron chi connectivity index (χ0n) is 15.5. The van der Waals surface area contributed by atoms with E-state index < -0.39 is 5.54 Å². The van der Waals surface area contributed by atoms with Gasteiger partial charge in [0.2, 0.25) is 5.91 Å². The summed E-state index contributed by atoms with van der Waals surface area (Å²) in [4.78, 5) is 27.5. The largest absolute Gasteiger partial charge is 0.368 e. The highest BCUT2D eigenvalue weighted by atomic mass is 35.5. The van der Waals surface area contributed by atoms with Gasteiger partial charge in [-0.15, -0.1) is 0 Å². The van der Waals surface area contributed by atoms with Gasteiger partial charge in [-0.2, -0.15) is 0 Å². The van der Waals surface area contributed by atoms with E-state index in [4.69, 9.17) is 16.3 Å². The topological polar surface area (TPSA) is 46.6 Å². The molecule has 26 heavy (non-hydrogen) atoms. The zero-order valence-corrected chi connectivity index (χ0v) is 16.3. The van der Waals surface area contributed by atoms with Crippen LogP contribution in [0.1, 0.15) is 63.4 Å². The Balaban J connectivity index is 1.81. The molecule has 3 rings (SSSR count). The molecule has 0 radical (unpaired) electrons. The monoisotopic (exact) mass is 377 g/mol. The van der Waals surface area contributed by atoms with Crippen molar-refractivity contribution in [3.05, 3.63) is 34.9 Å². The van der Waals surface area contributed by atoms with Gasteiger partial charge in [-0.05, 0) is 38.2 Å². The number of nitrogens with zero attached hydrogens (tertiary/aromatic N) is 1. The van der Waals surface area contributed by atoms with Gasteiger partial charge in [-0.3, -0.25) is 9.59 Å². The van der Waals surface area contributed by atoms with Gasteiger partial charge < -0.3 is 9.64 Å². The minimum absolute atomic E-state index is 0.0284. The highest BCUT2D eigenvalue weighted by Gasteiger charge is 2.47. The maximum atomic E-state index is 13.0. The van der Waals surface area contributed by atoms with E-state index in [0.717, 1.165) is 44.1 Å². The van der Waals surface area contributed by atoms with Crippen LogP contribution in [0.4, 0.5) is 0 Å². The van der Waals surface area contributed by atoms with Crippen LogP contribution >= 0.6 is 11.6 Å². The van der Waals surface area contributed by atoms with Gasteiger partial charge in [0.1, 0.15) is 12.1 Å². The Kier molecular flexibility index (Phi) is 6.36. The molecule has 2 aliphatic rings. The molecule has 1 atom stereocenters. The fraction of sp³-hybridized carbons (Fsp3) is 0.619. The van der Waals surface area contributed by atoms with Crippen molar-refractivity contribution in [2.24, 2.45) is 0 Å². The fourth-order valence-electron chi connectivity index (χ4n) is 4.36. The van der Waals surface area contributed by atoms with Crippen molar-refractivity contribution in [3.8, 4) is 0 Å². The summed E-state index contributed by atoms with van der Waals surface area (Å²) in [5.74, 6) is -0.0730. The summed E-state index contributed by atoms with van der Waals surface area (Å²) >= 11 is 6.44. The second-order valence-corrected chi connectivity index (χ2v) is 7.90. The molecule has 4 nitrogen and oxygen atoms in total. The number of hydrogen-bond donors (Lipinski definition) is 0. The number of ether oxygens (including phenoxy) is 1. The molecule has 2 fully saturated rings. The first-order valence-corrected chi connectivity index (χ1v) is 10.1. The van der Waals surface area contributed by atoms with Crippen molar-refractivity contribution in [3.63, 3.8) is 0 Å². The van der Waals surface area contributed by atoms with Gasteiger partial charge in [0.25, 0.3) is 0 Å². The second kappa shape index (κ2) is 8.53. The van der Waals surface area contributed by atoms with E-state index in [1.165, 1.54) is 6.42 Å². The van der Waals surface area contributed by atoms with Crippen molar-refractivity contribution < 1.29 is 14.3 Å². The smallest absolute Gasteiger partial charge is 0.249 e. The molecular formula is C21H28ClNO3. The van der Waals surface area contributed by atoms with Gasteiger partial charge in [-0.25, -0.2) is 0 Å². The van der Waals surface area contributed by atoms with E-state index in [0.29, 0.717) is 17.9 Å². The second-order valence-electron chi connectivity index (χ2n) is 7.49. The lowest BCUT2D eigenvalue weighted by atomic mass is 9.74. The SMILES string of the molecule is CN(C(=O)COC1CCCCC1)C1(c2ccccc2Cl)CCCCC1=O. The first kappa shape index (κ1) is 19.4. The van der Waals surface area contributed by atoms with Crippen molar-refractivity contribution in [1.82, 2.24) is 4.90 Å². The highest BCUT2D eigenvalue weighted by molar-refractivity contribution is 6.31. The molecule has 0 saturated heterocycles. The molecule has 0 N–H and O–H groups in total. The quantitative estimate of drug-likeness (QED) is 0.759. The Hall–Kier alpha value is -1.39. The zero-order chi connectivity index (χ0) is 18.6. The van der Waals surface area contributed by atoms with Gasteiger partial charge in [0.15, 0.2) is 5.78 Å². The van der Waals surface area contributed by atoms with E-state index in [2.05, 4.69) is 0 Å². The molecule has 0 aromatic heterocycles. The number of amides is 1. The Bertz CT molecular complexity index is 656. The lowest BCUT2D eigenvalue weighted by molar-refractivity contribution is -0.152. The van der Waals surface area contributed by atoms with E-state index in [-0.39, 0.29) is 24.4 Å². The Morgan fingerprint density at radius 2 is 1.92 bits per heavy atom. The van der Waals surface area contributed by atoms with Crippen molar-refractivity contribution in [2.75, 3.05) is 13.7 Å². The number of carbonyl (C=O) groups is 2. The van der Waals surface area contributed by atoms with Crippen molar-refractivity contribution >= 4 is 23.3 Å². The molecule has 142 valence electrons. The molecular weight excluding hydrogens is 350 g/mol. The molecule has 0 aliphatic heterocycles. The van der Waals surface area contributed by atoms with Crippen LogP contribution in [0.2, 0.25) is 5.02 Å². The van der Waals surface area contributed by atoms with Crippen LogP contribution in [0.25, 0.3) is 0 Å². The van der Waals surface area contributed by atoms with E-state index >= 15 is 0 Å². The third kappa shape index (κ3) is 3.81. The van der Waals surface area contributed by atoms with Gasteiger partial charge >= 0.3 is 0 Å². The standard InChI is InChI=1S/C21H28ClNO3/c1-23(20(25)15-26-16-9-3-2-4-10-16)21(14-8-7-13-19(21)24)17-11-5-6-12-18(17)22/h5-6,11-12,16H,2-4,7-10,13-15H2,1H3. The summed E-state index contributed by atoms with van der Waals surface area (Å²) < 4.78 is 5.87. The third-order valence-electron chi connectivity index (χ3n) is 5.91. The number of likely N-dealkylation sites (N-methyl/N-ethyl adjacent to an activating group) is 1. The van der Waals surface area contributed by atoms with Crippen LogP contribution < -0.4 is 0 Å². The number of Topliss-reactive ketones (excluding diaryl/α,β-unsaturated/α-hetero) is 1. The Morgan fingerprint density at radius 3 is 2.62 bits per heavy atom. The first-order valence-electron chi connectivity index (χ1n) is 9.72. The molecule has 1 aromatic rings. The maximum absolute atomic E-state index is 13.0. The van der Waals surface area contributed by atoms with E-state index in [1.54, 1.807) is 18.0 Å². The highest BCUT2D eigenvalue weighted by Crippen LogP contribution is 2.42. The molecule has 0 spiro atoms. The lowest BCUT2D eigenvalue weighted by Crippen LogP contribution is -2.55. The lowest BCUT2D eigenvalue weighted by Gasteiger charge is -2.44. The van der Waals surface area contributed by atoms with E-state index in [9.17, 15) is 9.59 Å². The van der Waals surface area contributed by atoms with Gasteiger partial charge in [-0.1, -0.05) is 49.1 Å². The van der Waals surface area contributed by atoms with Crippen LogP contribution in [-0.2, 0) is 19.9 Å². The summed E-state index contributed by atoms with van der Waals surface area (Å²) in [6.45, 7) is 0.0284. The minimum Gasteiger partial charge on any atom is -0.368 e.